The van der Waals surface area contributed by atoms with E-state index in [1.54, 1.807) is 11.3 Å². The summed E-state index contributed by atoms with van der Waals surface area (Å²) in [4.78, 5) is 31.8. The topological polar surface area (TPSA) is 64.0 Å². The second-order valence-corrected chi connectivity index (χ2v) is 9.78. The van der Waals surface area contributed by atoms with Gasteiger partial charge in [-0.15, -0.1) is 11.3 Å². The molecule has 7 heteroatoms. The van der Waals surface area contributed by atoms with Gasteiger partial charge in [0, 0.05) is 10.9 Å². The molecule has 0 aliphatic heterocycles. The molecule has 1 atom stereocenters. The van der Waals surface area contributed by atoms with Crippen LogP contribution in [0.25, 0.3) is 10.9 Å². The highest BCUT2D eigenvalue weighted by Crippen LogP contribution is 2.32. The fraction of sp³-hybridized carbons (Fsp3) is 0.409. The maximum atomic E-state index is 13.3. The van der Waals surface area contributed by atoms with Crippen LogP contribution in [0.15, 0.2) is 51.7 Å². The van der Waals surface area contributed by atoms with Gasteiger partial charge < -0.3 is 5.32 Å². The van der Waals surface area contributed by atoms with Crippen LogP contribution in [0.1, 0.15) is 49.9 Å². The standard InChI is InChI=1S/C22H25N3O2S2/c1-15(20(26)23-14-17-10-7-13-28-17)29-22-24-19-12-6-5-11-18(19)21(27)25(22)16-8-3-2-4-9-16/h5-7,10-13,15-16H,2-4,8-9,14H2,1H3,(H,23,26). The molecule has 2 aromatic heterocycles. The number of benzene rings is 1. The van der Waals surface area contributed by atoms with Crippen LogP contribution in [0.4, 0.5) is 0 Å². The van der Waals surface area contributed by atoms with Gasteiger partial charge in [-0.2, -0.15) is 0 Å². The molecule has 1 N–H and O–H groups in total. The highest BCUT2D eigenvalue weighted by atomic mass is 32.2. The summed E-state index contributed by atoms with van der Waals surface area (Å²) >= 11 is 3.01. The zero-order valence-electron chi connectivity index (χ0n) is 16.5. The Bertz CT molecular complexity index is 1040. The minimum absolute atomic E-state index is 0.0104. The number of hydrogen-bond donors (Lipinski definition) is 1. The maximum Gasteiger partial charge on any atom is 0.262 e. The van der Waals surface area contributed by atoms with E-state index in [0.29, 0.717) is 22.6 Å². The average Bonchev–Trinajstić information content (AvgIpc) is 3.26. The van der Waals surface area contributed by atoms with Crippen LogP contribution in [0.5, 0.6) is 0 Å². The molecule has 29 heavy (non-hydrogen) atoms. The maximum absolute atomic E-state index is 13.3. The van der Waals surface area contributed by atoms with Crippen molar-refractivity contribution in [2.75, 3.05) is 0 Å². The molecule has 0 bridgehead atoms. The van der Waals surface area contributed by atoms with Crippen molar-refractivity contribution in [2.24, 2.45) is 0 Å². The fourth-order valence-corrected chi connectivity index (χ4v) is 5.46. The summed E-state index contributed by atoms with van der Waals surface area (Å²) in [5.41, 5.74) is 0.703. The van der Waals surface area contributed by atoms with E-state index in [9.17, 15) is 9.59 Å². The highest BCUT2D eigenvalue weighted by Gasteiger charge is 2.24. The number of thioether (sulfide) groups is 1. The summed E-state index contributed by atoms with van der Waals surface area (Å²) in [6, 6.07) is 11.6. The lowest BCUT2D eigenvalue weighted by atomic mass is 9.95. The Hall–Kier alpha value is -2.12. The van der Waals surface area contributed by atoms with Gasteiger partial charge in [0.15, 0.2) is 5.16 Å². The van der Waals surface area contributed by atoms with Crippen molar-refractivity contribution >= 4 is 39.9 Å². The number of carbonyl (C=O) groups is 1. The number of hydrogen-bond acceptors (Lipinski definition) is 5. The van der Waals surface area contributed by atoms with Gasteiger partial charge in [-0.1, -0.05) is 49.2 Å². The van der Waals surface area contributed by atoms with E-state index in [4.69, 9.17) is 4.98 Å². The molecule has 1 amide bonds. The van der Waals surface area contributed by atoms with E-state index in [0.717, 1.165) is 30.6 Å². The van der Waals surface area contributed by atoms with Crippen LogP contribution >= 0.6 is 23.1 Å². The van der Waals surface area contributed by atoms with Crippen LogP contribution < -0.4 is 10.9 Å². The number of rotatable bonds is 6. The molecule has 4 rings (SSSR count). The summed E-state index contributed by atoms with van der Waals surface area (Å²) in [6.45, 7) is 2.41. The average molecular weight is 428 g/mol. The number of fused-ring (bicyclic) bond motifs is 1. The third-order valence-corrected chi connectivity index (χ3v) is 7.33. The normalized spacial score (nSPS) is 16.0. The third-order valence-electron chi connectivity index (χ3n) is 5.38. The smallest absolute Gasteiger partial charge is 0.262 e. The zero-order chi connectivity index (χ0) is 20.2. The quantitative estimate of drug-likeness (QED) is 0.455. The van der Waals surface area contributed by atoms with Crippen molar-refractivity contribution in [3.8, 4) is 0 Å². The van der Waals surface area contributed by atoms with Crippen molar-refractivity contribution in [3.63, 3.8) is 0 Å². The largest absolute Gasteiger partial charge is 0.350 e. The zero-order valence-corrected chi connectivity index (χ0v) is 18.1. The Morgan fingerprint density at radius 3 is 2.79 bits per heavy atom. The van der Waals surface area contributed by atoms with Crippen LogP contribution in [0.2, 0.25) is 0 Å². The van der Waals surface area contributed by atoms with E-state index < -0.39 is 0 Å². The summed E-state index contributed by atoms with van der Waals surface area (Å²) in [5.74, 6) is -0.0407. The van der Waals surface area contributed by atoms with Gasteiger partial charge in [0.1, 0.15) is 0 Å². The van der Waals surface area contributed by atoms with Crippen LogP contribution in [-0.4, -0.2) is 20.7 Å². The minimum atomic E-state index is -0.335. The molecular formula is C22H25N3O2S2. The summed E-state index contributed by atoms with van der Waals surface area (Å²) in [7, 11) is 0. The molecule has 1 saturated carbocycles. The Morgan fingerprint density at radius 2 is 2.03 bits per heavy atom. The van der Waals surface area contributed by atoms with Crippen molar-refractivity contribution in [2.45, 2.75) is 62.0 Å². The molecule has 2 heterocycles. The molecule has 1 aliphatic rings. The number of aromatic nitrogens is 2. The first-order chi connectivity index (χ1) is 14.1. The van der Waals surface area contributed by atoms with Crippen LogP contribution in [0, 0.1) is 0 Å². The summed E-state index contributed by atoms with van der Waals surface area (Å²) < 4.78 is 1.86. The third kappa shape index (κ3) is 4.56. The van der Waals surface area contributed by atoms with Crippen LogP contribution in [0.3, 0.4) is 0 Å². The predicted octanol–water partition coefficient (Wildman–Crippen LogP) is 4.76. The second kappa shape index (κ2) is 9.13. The molecule has 1 aliphatic carbocycles. The van der Waals surface area contributed by atoms with Crippen molar-refractivity contribution in [3.05, 3.63) is 57.0 Å². The van der Waals surface area contributed by atoms with Gasteiger partial charge in [-0.3, -0.25) is 14.2 Å². The van der Waals surface area contributed by atoms with Gasteiger partial charge in [-0.25, -0.2) is 4.98 Å². The number of para-hydroxylation sites is 1. The van der Waals surface area contributed by atoms with Crippen molar-refractivity contribution < 1.29 is 4.79 Å². The molecule has 1 fully saturated rings. The molecule has 1 unspecified atom stereocenters. The summed E-state index contributed by atoms with van der Waals surface area (Å²) in [6.07, 6.45) is 5.46. The van der Waals surface area contributed by atoms with Crippen molar-refractivity contribution in [1.29, 1.82) is 0 Å². The monoisotopic (exact) mass is 427 g/mol. The van der Waals surface area contributed by atoms with E-state index in [2.05, 4.69) is 5.32 Å². The molecule has 5 nitrogen and oxygen atoms in total. The number of nitrogens with zero attached hydrogens (tertiary/aromatic N) is 2. The molecule has 0 saturated heterocycles. The number of amides is 1. The minimum Gasteiger partial charge on any atom is -0.350 e. The second-order valence-electron chi connectivity index (χ2n) is 7.44. The molecule has 152 valence electrons. The summed E-state index contributed by atoms with van der Waals surface area (Å²) in [5, 5.41) is 5.96. The first-order valence-corrected chi connectivity index (χ1v) is 11.9. The molecule has 0 spiro atoms. The highest BCUT2D eigenvalue weighted by molar-refractivity contribution is 8.00. The Balaban J connectivity index is 1.60. The molecule has 1 aromatic carbocycles. The van der Waals surface area contributed by atoms with Crippen LogP contribution in [-0.2, 0) is 11.3 Å². The van der Waals surface area contributed by atoms with Gasteiger partial charge in [0.05, 0.1) is 22.7 Å². The Labute approximate surface area is 178 Å². The SMILES string of the molecule is CC(Sc1nc2ccccc2c(=O)n1C1CCCCC1)C(=O)NCc1cccs1. The first-order valence-electron chi connectivity index (χ1n) is 10.1. The van der Waals surface area contributed by atoms with Gasteiger partial charge >= 0.3 is 0 Å². The number of thiophene rings is 1. The molecular weight excluding hydrogens is 402 g/mol. The van der Waals surface area contributed by atoms with E-state index in [-0.39, 0.29) is 22.8 Å². The number of carbonyl (C=O) groups excluding carboxylic acids is 1. The Morgan fingerprint density at radius 1 is 1.24 bits per heavy atom. The molecule has 3 aromatic rings. The van der Waals surface area contributed by atoms with E-state index in [1.807, 2.05) is 53.3 Å². The van der Waals surface area contributed by atoms with E-state index in [1.165, 1.54) is 18.2 Å². The van der Waals surface area contributed by atoms with Gasteiger partial charge in [0.2, 0.25) is 5.91 Å². The molecule has 0 radical (unpaired) electrons. The lowest BCUT2D eigenvalue weighted by molar-refractivity contribution is -0.120. The lowest BCUT2D eigenvalue weighted by Crippen LogP contribution is -2.33. The lowest BCUT2D eigenvalue weighted by Gasteiger charge is -2.26. The van der Waals surface area contributed by atoms with Crippen molar-refractivity contribution in [1.82, 2.24) is 14.9 Å². The van der Waals surface area contributed by atoms with E-state index >= 15 is 0 Å². The number of nitrogens with one attached hydrogen (secondary N) is 1. The first kappa shape index (κ1) is 20.2. The van der Waals surface area contributed by atoms with Gasteiger partial charge in [0.25, 0.3) is 5.56 Å². The van der Waals surface area contributed by atoms with Gasteiger partial charge in [-0.05, 0) is 43.3 Å². The predicted molar refractivity (Wildman–Crippen MR) is 120 cm³/mol. The fourth-order valence-electron chi connectivity index (χ4n) is 3.81. The Kier molecular flexibility index (Phi) is 6.35.